The van der Waals surface area contributed by atoms with Crippen LogP contribution in [0, 0.1) is 0 Å². The van der Waals surface area contributed by atoms with Crippen molar-refractivity contribution in [3.05, 3.63) is 0 Å². The third-order valence-corrected chi connectivity index (χ3v) is 1.48. The van der Waals surface area contributed by atoms with Crippen molar-refractivity contribution in [2.45, 2.75) is 12.5 Å². The van der Waals surface area contributed by atoms with Crippen LogP contribution in [0.25, 0.3) is 0 Å². The second kappa shape index (κ2) is 3.53. The normalized spacial score (nSPS) is 24.7. The summed E-state index contributed by atoms with van der Waals surface area (Å²) in [6.45, 7) is 1.44. The largest absolute Gasteiger partial charge is 0.379 e. The van der Waals surface area contributed by atoms with Crippen molar-refractivity contribution in [2.24, 2.45) is 5.73 Å². The Kier molecular flexibility index (Phi) is 2.65. The smallest absolute Gasteiger partial charge is 0.234 e. The highest BCUT2D eigenvalue weighted by Gasteiger charge is 2.16. The van der Waals surface area contributed by atoms with E-state index in [1.807, 2.05) is 0 Å². The second-order valence-electron chi connectivity index (χ2n) is 2.33. The monoisotopic (exact) mass is 144 g/mol. The average Bonchev–Trinajstić information content (AvgIpc) is 2.40. The summed E-state index contributed by atoms with van der Waals surface area (Å²) in [6.07, 6.45) is 0.908. The third kappa shape index (κ3) is 1.97. The van der Waals surface area contributed by atoms with Gasteiger partial charge in [0.2, 0.25) is 5.91 Å². The van der Waals surface area contributed by atoms with Gasteiger partial charge in [-0.2, -0.15) is 0 Å². The van der Waals surface area contributed by atoms with Crippen LogP contribution in [-0.4, -0.2) is 31.7 Å². The summed E-state index contributed by atoms with van der Waals surface area (Å²) in [7, 11) is 0. The molecule has 0 bridgehead atoms. The fourth-order valence-electron chi connectivity index (χ4n) is 0.935. The van der Waals surface area contributed by atoms with Gasteiger partial charge in [0.1, 0.15) is 0 Å². The van der Waals surface area contributed by atoms with Crippen LogP contribution < -0.4 is 11.1 Å². The molecule has 1 unspecified atom stereocenters. The van der Waals surface area contributed by atoms with E-state index in [9.17, 15) is 4.79 Å². The molecule has 10 heavy (non-hydrogen) atoms. The summed E-state index contributed by atoms with van der Waals surface area (Å²) in [4.78, 5) is 10.7. The van der Waals surface area contributed by atoms with E-state index < -0.39 is 0 Å². The number of nitrogens with one attached hydrogen (secondary N) is 1. The Labute approximate surface area is 59.7 Å². The van der Waals surface area contributed by atoms with E-state index in [0.29, 0.717) is 6.61 Å². The fourth-order valence-corrected chi connectivity index (χ4v) is 0.935. The summed E-state index contributed by atoms with van der Waals surface area (Å²) in [5, 5.41) is 2.74. The summed E-state index contributed by atoms with van der Waals surface area (Å²) < 4.78 is 5.05. The van der Waals surface area contributed by atoms with Crippen molar-refractivity contribution in [1.82, 2.24) is 5.32 Å². The Balaban J connectivity index is 2.17. The highest BCUT2D eigenvalue weighted by molar-refractivity contribution is 5.78. The van der Waals surface area contributed by atoms with Crippen molar-refractivity contribution in [1.29, 1.82) is 0 Å². The van der Waals surface area contributed by atoms with Crippen molar-refractivity contribution < 1.29 is 9.53 Å². The lowest BCUT2D eigenvalue weighted by molar-refractivity contribution is -0.120. The fraction of sp³-hybridized carbons (Fsp3) is 0.833. The lowest BCUT2D eigenvalue weighted by atomic mass is 10.2. The van der Waals surface area contributed by atoms with E-state index in [4.69, 9.17) is 10.5 Å². The van der Waals surface area contributed by atoms with Gasteiger partial charge in [-0.25, -0.2) is 0 Å². The van der Waals surface area contributed by atoms with Crippen LogP contribution in [0.3, 0.4) is 0 Å². The van der Waals surface area contributed by atoms with Crippen LogP contribution >= 0.6 is 0 Å². The van der Waals surface area contributed by atoms with Crippen LogP contribution in [0.15, 0.2) is 0 Å². The first-order valence-corrected chi connectivity index (χ1v) is 3.40. The molecule has 0 spiro atoms. The topological polar surface area (TPSA) is 64.4 Å². The Bertz CT molecular complexity index is 121. The molecular formula is C6H12N2O2. The van der Waals surface area contributed by atoms with Crippen molar-refractivity contribution in [3.8, 4) is 0 Å². The molecule has 4 nitrogen and oxygen atoms in total. The van der Waals surface area contributed by atoms with E-state index in [-0.39, 0.29) is 18.5 Å². The Morgan fingerprint density at radius 3 is 3.10 bits per heavy atom. The molecule has 1 rings (SSSR count). The molecule has 1 aliphatic heterocycles. The number of nitrogens with two attached hydrogens (primary N) is 1. The van der Waals surface area contributed by atoms with E-state index in [0.717, 1.165) is 13.0 Å². The maximum absolute atomic E-state index is 10.7. The highest BCUT2D eigenvalue weighted by atomic mass is 16.5. The number of rotatable bonds is 2. The minimum absolute atomic E-state index is 0.0660. The van der Waals surface area contributed by atoms with Crippen LogP contribution in [-0.2, 0) is 9.53 Å². The number of amides is 1. The van der Waals surface area contributed by atoms with Gasteiger partial charge in [0.05, 0.1) is 19.2 Å². The van der Waals surface area contributed by atoms with Crippen molar-refractivity contribution in [2.75, 3.05) is 19.8 Å². The maximum atomic E-state index is 10.7. The Morgan fingerprint density at radius 2 is 2.60 bits per heavy atom. The van der Waals surface area contributed by atoms with E-state index in [2.05, 4.69) is 5.32 Å². The van der Waals surface area contributed by atoms with Gasteiger partial charge in [-0.3, -0.25) is 4.79 Å². The van der Waals surface area contributed by atoms with Gasteiger partial charge in [0.25, 0.3) is 0 Å². The highest BCUT2D eigenvalue weighted by Crippen LogP contribution is 2.02. The first kappa shape index (κ1) is 7.50. The minimum Gasteiger partial charge on any atom is -0.379 e. The molecule has 1 atom stereocenters. The van der Waals surface area contributed by atoms with Crippen LogP contribution in [0.4, 0.5) is 0 Å². The SMILES string of the molecule is NCC(=O)NC1CCOC1. The second-order valence-corrected chi connectivity index (χ2v) is 2.33. The van der Waals surface area contributed by atoms with E-state index >= 15 is 0 Å². The predicted octanol–water partition coefficient (Wildman–Crippen LogP) is -1.15. The molecule has 1 amide bonds. The van der Waals surface area contributed by atoms with Gasteiger partial charge in [0.15, 0.2) is 0 Å². The Hall–Kier alpha value is -0.610. The lowest BCUT2D eigenvalue weighted by Crippen LogP contribution is -2.38. The number of hydrogen-bond acceptors (Lipinski definition) is 3. The zero-order valence-electron chi connectivity index (χ0n) is 5.80. The van der Waals surface area contributed by atoms with Gasteiger partial charge in [0, 0.05) is 6.61 Å². The Morgan fingerprint density at radius 1 is 1.80 bits per heavy atom. The van der Waals surface area contributed by atoms with Crippen molar-refractivity contribution in [3.63, 3.8) is 0 Å². The van der Waals surface area contributed by atoms with Crippen LogP contribution in [0.5, 0.6) is 0 Å². The molecule has 4 heteroatoms. The number of carbonyl (C=O) groups is 1. The molecule has 0 aromatic heterocycles. The van der Waals surface area contributed by atoms with Gasteiger partial charge in [-0.15, -0.1) is 0 Å². The first-order valence-electron chi connectivity index (χ1n) is 3.40. The number of carbonyl (C=O) groups excluding carboxylic acids is 1. The summed E-state index contributed by atoms with van der Waals surface area (Å²) in [5.41, 5.74) is 5.10. The number of ether oxygens (including phenoxy) is 1. The molecule has 0 aromatic carbocycles. The van der Waals surface area contributed by atoms with Crippen LogP contribution in [0.2, 0.25) is 0 Å². The van der Waals surface area contributed by atoms with Crippen LogP contribution in [0.1, 0.15) is 6.42 Å². The molecule has 3 N–H and O–H groups in total. The summed E-state index contributed by atoms with van der Waals surface area (Å²) in [6, 6.07) is 0.191. The molecule has 0 saturated carbocycles. The zero-order valence-corrected chi connectivity index (χ0v) is 5.80. The van der Waals surface area contributed by atoms with E-state index in [1.54, 1.807) is 0 Å². The van der Waals surface area contributed by atoms with Gasteiger partial charge < -0.3 is 15.8 Å². The zero-order chi connectivity index (χ0) is 7.40. The third-order valence-electron chi connectivity index (χ3n) is 1.48. The molecule has 0 radical (unpaired) electrons. The molecule has 0 aliphatic carbocycles. The molecule has 1 aliphatic rings. The molecule has 1 fully saturated rings. The predicted molar refractivity (Wildman–Crippen MR) is 36.4 cm³/mol. The van der Waals surface area contributed by atoms with Gasteiger partial charge in [-0.05, 0) is 6.42 Å². The number of hydrogen-bond donors (Lipinski definition) is 2. The first-order chi connectivity index (χ1) is 4.83. The van der Waals surface area contributed by atoms with Gasteiger partial charge >= 0.3 is 0 Å². The quantitative estimate of drug-likeness (QED) is 0.514. The maximum Gasteiger partial charge on any atom is 0.234 e. The molecule has 1 heterocycles. The molecular weight excluding hydrogens is 132 g/mol. The van der Waals surface area contributed by atoms with E-state index in [1.165, 1.54) is 0 Å². The lowest BCUT2D eigenvalue weighted by Gasteiger charge is -2.07. The molecule has 58 valence electrons. The summed E-state index contributed by atoms with van der Waals surface area (Å²) in [5.74, 6) is -0.101. The standard InChI is InChI=1S/C6H12N2O2/c7-3-6(9)8-5-1-2-10-4-5/h5H,1-4,7H2,(H,8,9). The minimum atomic E-state index is -0.101. The molecule has 1 saturated heterocycles. The average molecular weight is 144 g/mol. The van der Waals surface area contributed by atoms with Gasteiger partial charge in [-0.1, -0.05) is 0 Å². The summed E-state index contributed by atoms with van der Waals surface area (Å²) >= 11 is 0. The van der Waals surface area contributed by atoms with Crippen molar-refractivity contribution >= 4 is 5.91 Å². The molecule has 0 aromatic rings.